The van der Waals surface area contributed by atoms with Gasteiger partial charge in [0.1, 0.15) is 0 Å². The fourth-order valence-corrected chi connectivity index (χ4v) is 1.65. The van der Waals surface area contributed by atoms with Crippen LogP contribution in [-0.4, -0.2) is 20.6 Å². The standard InChI is InChI=1S/C11H11NO3S/c1-16(14,15)10-7-5-9(6-8-10)3-2-4-11(12)13/h5-8H,4H2,1H3,(H2,12,13). The molecule has 0 aliphatic heterocycles. The molecule has 0 fully saturated rings. The van der Waals surface area contributed by atoms with Gasteiger partial charge in [-0.3, -0.25) is 4.79 Å². The van der Waals surface area contributed by atoms with Crippen LogP contribution in [0.3, 0.4) is 0 Å². The second-order valence-corrected chi connectivity index (χ2v) is 5.26. The van der Waals surface area contributed by atoms with Crippen LogP contribution in [0.1, 0.15) is 12.0 Å². The molecule has 1 aromatic carbocycles. The van der Waals surface area contributed by atoms with Crippen LogP contribution >= 0.6 is 0 Å². The zero-order chi connectivity index (χ0) is 12.2. The van der Waals surface area contributed by atoms with Crippen molar-refractivity contribution in [1.29, 1.82) is 0 Å². The fourth-order valence-electron chi connectivity index (χ4n) is 1.02. The summed E-state index contributed by atoms with van der Waals surface area (Å²) >= 11 is 0. The van der Waals surface area contributed by atoms with E-state index in [2.05, 4.69) is 11.8 Å². The van der Waals surface area contributed by atoms with E-state index in [0.29, 0.717) is 5.56 Å². The fraction of sp³-hybridized carbons (Fsp3) is 0.182. The minimum Gasteiger partial charge on any atom is -0.369 e. The highest BCUT2D eigenvalue weighted by Crippen LogP contribution is 2.09. The van der Waals surface area contributed by atoms with Crippen molar-refractivity contribution in [3.05, 3.63) is 29.8 Å². The maximum Gasteiger partial charge on any atom is 0.229 e. The van der Waals surface area contributed by atoms with Gasteiger partial charge >= 0.3 is 0 Å². The van der Waals surface area contributed by atoms with E-state index in [-0.39, 0.29) is 11.3 Å². The van der Waals surface area contributed by atoms with E-state index in [0.717, 1.165) is 6.26 Å². The van der Waals surface area contributed by atoms with Crippen molar-refractivity contribution in [2.24, 2.45) is 5.73 Å². The van der Waals surface area contributed by atoms with E-state index in [1.807, 2.05) is 0 Å². The molecule has 0 aromatic heterocycles. The summed E-state index contributed by atoms with van der Waals surface area (Å²) in [6.07, 6.45) is 1.13. The molecule has 1 amide bonds. The van der Waals surface area contributed by atoms with Crippen LogP contribution in [-0.2, 0) is 14.6 Å². The Bertz CT molecular complexity index is 547. The number of hydrogen-bond donors (Lipinski definition) is 1. The van der Waals surface area contributed by atoms with Crippen molar-refractivity contribution in [3.63, 3.8) is 0 Å². The lowest BCUT2D eigenvalue weighted by atomic mass is 10.2. The average molecular weight is 237 g/mol. The lowest BCUT2D eigenvalue weighted by Crippen LogP contribution is -2.08. The second kappa shape index (κ2) is 4.81. The summed E-state index contributed by atoms with van der Waals surface area (Å²) in [6.45, 7) is 0. The van der Waals surface area contributed by atoms with Crippen LogP contribution in [0.15, 0.2) is 29.2 Å². The average Bonchev–Trinajstić information content (AvgIpc) is 2.16. The van der Waals surface area contributed by atoms with Gasteiger partial charge in [-0.25, -0.2) is 8.42 Å². The van der Waals surface area contributed by atoms with E-state index in [1.165, 1.54) is 12.1 Å². The molecular weight excluding hydrogens is 226 g/mol. The first kappa shape index (κ1) is 12.3. The largest absolute Gasteiger partial charge is 0.369 e. The second-order valence-electron chi connectivity index (χ2n) is 3.24. The van der Waals surface area contributed by atoms with Gasteiger partial charge in [0.2, 0.25) is 5.91 Å². The maximum absolute atomic E-state index is 11.2. The number of rotatable bonds is 2. The smallest absolute Gasteiger partial charge is 0.229 e. The Kier molecular flexibility index (Phi) is 3.69. The molecule has 16 heavy (non-hydrogen) atoms. The third kappa shape index (κ3) is 3.75. The molecule has 0 spiro atoms. The van der Waals surface area contributed by atoms with E-state index in [9.17, 15) is 13.2 Å². The third-order valence-corrected chi connectivity index (χ3v) is 2.91. The number of carbonyl (C=O) groups excluding carboxylic acids is 1. The number of benzene rings is 1. The molecule has 1 rings (SSSR count). The molecule has 0 aliphatic carbocycles. The number of hydrogen-bond acceptors (Lipinski definition) is 3. The van der Waals surface area contributed by atoms with Crippen LogP contribution in [0.2, 0.25) is 0 Å². The van der Waals surface area contributed by atoms with Crippen molar-refractivity contribution in [2.45, 2.75) is 11.3 Å². The Morgan fingerprint density at radius 3 is 2.31 bits per heavy atom. The molecular formula is C11H11NO3S. The van der Waals surface area contributed by atoms with Gasteiger partial charge in [0.05, 0.1) is 11.3 Å². The van der Waals surface area contributed by atoms with Gasteiger partial charge in [0.15, 0.2) is 9.84 Å². The number of amides is 1. The van der Waals surface area contributed by atoms with E-state index in [1.54, 1.807) is 12.1 Å². The summed E-state index contributed by atoms with van der Waals surface area (Å²) < 4.78 is 22.3. The summed E-state index contributed by atoms with van der Waals surface area (Å²) in [5.74, 6) is 4.81. The highest BCUT2D eigenvalue weighted by molar-refractivity contribution is 7.90. The number of nitrogens with two attached hydrogens (primary N) is 1. The quantitative estimate of drug-likeness (QED) is 0.752. The zero-order valence-electron chi connectivity index (χ0n) is 8.73. The summed E-state index contributed by atoms with van der Waals surface area (Å²) in [5.41, 5.74) is 5.56. The minimum atomic E-state index is -3.18. The summed E-state index contributed by atoms with van der Waals surface area (Å²) in [5, 5.41) is 0. The van der Waals surface area contributed by atoms with Crippen LogP contribution < -0.4 is 5.73 Å². The van der Waals surface area contributed by atoms with Crippen LogP contribution in [0.4, 0.5) is 0 Å². The van der Waals surface area contributed by atoms with Gasteiger partial charge in [-0.1, -0.05) is 11.8 Å². The predicted octanol–water partition coefficient (Wildman–Crippen LogP) is 0.317. The Balaban J connectivity index is 2.87. The summed E-state index contributed by atoms with van der Waals surface area (Å²) in [4.78, 5) is 10.7. The highest BCUT2D eigenvalue weighted by atomic mass is 32.2. The molecule has 5 heteroatoms. The van der Waals surface area contributed by atoms with Gasteiger partial charge < -0.3 is 5.73 Å². The third-order valence-electron chi connectivity index (χ3n) is 1.78. The van der Waals surface area contributed by atoms with E-state index < -0.39 is 15.7 Å². The van der Waals surface area contributed by atoms with Crippen molar-refractivity contribution in [3.8, 4) is 11.8 Å². The lowest BCUT2D eigenvalue weighted by Gasteiger charge is -1.96. The molecule has 2 N–H and O–H groups in total. The maximum atomic E-state index is 11.2. The molecule has 84 valence electrons. The lowest BCUT2D eigenvalue weighted by molar-refractivity contribution is -0.117. The first-order valence-corrected chi connectivity index (χ1v) is 6.36. The minimum absolute atomic E-state index is 0.00612. The van der Waals surface area contributed by atoms with Crippen LogP contribution in [0, 0.1) is 11.8 Å². The van der Waals surface area contributed by atoms with E-state index >= 15 is 0 Å². The number of primary amides is 1. The van der Waals surface area contributed by atoms with Crippen molar-refractivity contribution >= 4 is 15.7 Å². The topological polar surface area (TPSA) is 77.2 Å². The molecule has 0 atom stereocenters. The SMILES string of the molecule is CS(=O)(=O)c1ccc(C#CCC(N)=O)cc1. The zero-order valence-corrected chi connectivity index (χ0v) is 9.54. The van der Waals surface area contributed by atoms with Gasteiger partial charge in [-0.15, -0.1) is 0 Å². The molecule has 0 bridgehead atoms. The molecule has 0 aliphatic rings. The first-order chi connectivity index (χ1) is 7.39. The number of carbonyl (C=O) groups is 1. The Labute approximate surface area is 94.4 Å². The number of sulfone groups is 1. The molecule has 0 unspecified atom stereocenters. The van der Waals surface area contributed by atoms with Gasteiger partial charge in [-0.05, 0) is 24.3 Å². The molecule has 0 heterocycles. The normalized spacial score (nSPS) is 10.3. The Morgan fingerprint density at radius 2 is 1.88 bits per heavy atom. The Hall–Kier alpha value is -1.80. The van der Waals surface area contributed by atoms with Crippen LogP contribution in [0.5, 0.6) is 0 Å². The van der Waals surface area contributed by atoms with Crippen molar-refractivity contribution in [2.75, 3.05) is 6.26 Å². The van der Waals surface area contributed by atoms with E-state index in [4.69, 9.17) is 5.73 Å². The summed E-state index contributed by atoms with van der Waals surface area (Å²) in [7, 11) is -3.18. The molecule has 0 saturated heterocycles. The molecule has 4 nitrogen and oxygen atoms in total. The molecule has 0 saturated carbocycles. The first-order valence-electron chi connectivity index (χ1n) is 4.47. The highest BCUT2D eigenvalue weighted by Gasteiger charge is 2.04. The van der Waals surface area contributed by atoms with Gasteiger partial charge in [-0.2, -0.15) is 0 Å². The van der Waals surface area contributed by atoms with Gasteiger partial charge in [0, 0.05) is 11.8 Å². The predicted molar refractivity (Wildman–Crippen MR) is 60.2 cm³/mol. The van der Waals surface area contributed by atoms with Crippen molar-refractivity contribution < 1.29 is 13.2 Å². The monoisotopic (exact) mass is 237 g/mol. The van der Waals surface area contributed by atoms with Crippen LogP contribution in [0.25, 0.3) is 0 Å². The van der Waals surface area contributed by atoms with Gasteiger partial charge in [0.25, 0.3) is 0 Å². The Morgan fingerprint density at radius 1 is 1.31 bits per heavy atom. The molecule has 1 aromatic rings. The van der Waals surface area contributed by atoms with Crippen molar-refractivity contribution in [1.82, 2.24) is 0 Å². The molecule has 0 radical (unpaired) electrons. The summed E-state index contributed by atoms with van der Waals surface area (Å²) in [6, 6.07) is 6.13.